The predicted octanol–water partition coefficient (Wildman–Crippen LogP) is 3.71. The zero-order valence-electron chi connectivity index (χ0n) is 14.7. The lowest BCUT2D eigenvalue weighted by molar-refractivity contribution is -0.122. The fourth-order valence-corrected chi connectivity index (χ4v) is 3.15. The first-order valence-electron chi connectivity index (χ1n) is 8.31. The van der Waals surface area contributed by atoms with Gasteiger partial charge in [0, 0.05) is 16.1 Å². The highest BCUT2D eigenvalue weighted by molar-refractivity contribution is 6.31. The van der Waals surface area contributed by atoms with E-state index in [9.17, 15) is 18.4 Å². The maximum absolute atomic E-state index is 14.1. The van der Waals surface area contributed by atoms with E-state index in [4.69, 9.17) is 16.9 Å². The summed E-state index contributed by atoms with van der Waals surface area (Å²) in [5, 5.41) is 14.0. The lowest BCUT2D eigenvalue weighted by Gasteiger charge is -2.29. The summed E-state index contributed by atoms with van der Waals surface area (Å²) in [4.78, 5) is 25.6. The Morgan fingerprint density at radius 1 is 1.36 bits per heavy atom. The number of rotatable bonds is 4. The summed E-state index contributed by atoms with van der Waals surface area (Å²) in [7, 11) is 0. The van der Waals surface area contributed by atoms with E-state index >= 15 is 0 Å². The highest BCUT2D eigenvalue weighted by Gasteiger charge is 2.27. The summed E-state index contributed by atoms with van der Waals surface area (Å²) in [6.07, 6.45) is 0. The van der Waals surface area contributed by atoms with Gasteiger partial charge in [0.15, 0.2) is 0 Å². The van der Waals surface area contributed by atoms with Gasteiger partial charge in [-0.15, -0.1) is 0 Å². The minimum Gasteiger partial charge on any atom is -0.348 e. The van der Waals surface area contributed by atoms with Gasteiger partial charge in [-0.1, -0.05) is 17.7 Å². The SMILES string of the molecule is CC(NC(=O)CN1Cc2c(F)cc(Cl)cc2NC1=O)c1ccc(C#N)cc1F. The smallest absolute Gasteiger partial charge is 0.322 e. The van der Waals surface area contributed by atoms with Crippen molar-refractivity contribution >= 4 is 29.2 Å². The van der Waals surface area contributed by atoms with Crippen LogP contribution >= 0.6 is 11.6 Å². The molecule has 0 aliphatic carbocycles. The van der Waals surface area contributed by atoms with Crippen LogP contribution in [-0.4, -0.2) is 23.4 Å². The molecule has 1 aliphatic rings. The molecule has 0 bridgehead atoms. The minimum absolute atomic E-state index is 0.100. The predicted molar refractivity (Wildman–Crippen MR) is 98.5 cm³/mol. The normalized spacial score (nSPS) is 14.0. The highest BCUT2D eigenvalue weighted by atomic mass is 35.5. The van der Waals surface area contributed by atoms with Crippen molar-refractivity contribution in [2.75, 3.05) is 11.9 Å². The standard InChI is InChI=1S/C19H15ClF2N4O2/c1-10(13-3-2-11(7-23)4-15(13)21)24-18(27)9-26-8-14-16(22)5-12(20)6-17(14)25-19(26)28/h2-6,10H,8-9H2,1H3,(H,24,27)(H,25,28). The number of nitriles is 1. The first kappa shape index (κ1) is 19.6. The average Bonchev–Trinajstić information content (AvgIpc) is 2.62. The third kappa shape index (κ3) is 4.05. The molecule has 1 atom stereocenters. The maximum Gasteiger partial charge on any atom is 0.322 e. The molecule has 1 unspecified atom stereocenters. The number of anilines is 1. The molecule has 2 aromatic carbocycles. The molecule has 6 nitrogen and oxygen atoms in total. The molecule has 28 heavy (non-hydrogen) atoms. The highest BCUT2D eigenvalue weighted by Crippen LogP contribution is 2.29. The summed E-state index contributed by atoms with van der Waals surface area (Å²) in [5.41, 5.74) is 0.870. The third-order valence-electron chi connectivity index (χ3n) is 4.35. The van der Waals surface area contributed by atoms with Crippen LogP contribution in [0.15, 0.2) is 30.3 Å². The molecule has 0 spiro atoms. The van der Waals surface area contributed by atoms with E-state index in [2.05, 4.69) is 10.6 Å². The number of nitrogens with one attached hydrogen (secondary N) is 2. The van der Waals surface area contributed by atoms with Crippen LogP contribution in [0.2, 0.25) is 5.02 Å². The molecular weight excluding hydrogens is 390 g/mol. The molecule has 3 amide bonds. The molecule has 0 saturated heterocycles. The van der Waals surface area contributed by atoms with Gasteiger partial charge < -0.3 is 15.5 Å². The maximum atomic E-state index is 14.1. The van der Waals surface area contributed by atoms with Crippen molar-refractivity contribution < 1.29 is 18.4 Å². The quantitative estimate of drug-likeness (QED) is 0.814. The molecule has 1 aliphatic heterocycles. The van der Waals surface area contributed by atoms with Crippen LogP contribution < -0.4 is 10.6 Å². The summed E-state index contributed by atoms with van der Waals surface area (Å²) < 4.78 is 28.2. The van der Waals surface area contributed by atoms with Crippen molar-refractivity contribution in [3.8, 4) is 6.07 Å². The number of hydrogen-bond acceptors (Lipinski definition) is 3. The molecule has 0 aromatic heterocycles. The zero-order chi connectivity index (χ0) is 20.4. The molecule has 2 N–H and O–H groups in total. The molecule has 0 fully saturated rings. The van der Waals surface area contributed by atoms with Crippen molar-refractivity contribution in [1.29, 1.82) is 5.26 Å². The molecule has 1 heterocycles. The van der Waals surface area contributed by atoms with Gasteiger partial charge in [0.1, 0.15) is 18.2 Å². The molecule has 0 saturated carbocycles. The van der Waals surface area contributed by atoms with Gasteiger partial charge in [-0.25, -0.2) is 13.6 Å². The van der Waals surface area contributed by atoms with Crippen molar-refractivity contribution in [2.24, 2.45) is 0 Å². The van der Waals surface area contributed by atoms with Gasteiger partial charge in [-0.05, 0) is 31.2 Å². The Morgan fingerprint density at radius 3 is 2.79 bits per heavy atom. The number of halogens is 3. The van der Waals surface area contributed by atoms with E-state index < -0.39 is 29.6 Å². The van der Waals surface area contributed by atoms with Crippen molar-refractivity contribution in [2.45, 2.75) is 19.5 Å². The lowest BCUT2D eigenvalue weighted by atomic mass is 10.1. The summed E-state index contributed by atoms with van der Waals surface area (Å²) in [6.45, 7) is 1.14. The molecule has 0 radical (unpaired) electrons. The second kappa shape index (κ2) is 7.82. The summed E-state index contributed by atoms with van der Waals surface area (Å²) in [6, 6.07) is 7.10. The number of carbonyl (C=O) groups is 2. The van der Waals surface area contributed by atoms with Gasteiger partial charge in [0.2, 0.25) is 5.91 Å². The number of carbonyl (C=O) groups excluding carboxylic acids is 2. The lowest BCUT2D eigenvalue weighted by Crippen LogP contribution is -2.45. The van der Waals surface area contributed by atoms with Crippen LogP contribution in [0.5, 0.6) is 0 Å². The van der Waals surface area contributed by atoms with E-state index in [0.29, 0.717) is 0 Å². The molecule has 2 aromatic rings. The van der Waals surface area contributed by atoms with E-state index in [-0.39, 0.29) is 40.5 Å². The van der Waals surface area contributed by atoms with E-state index in [0.717, 1.165) is 17.0 Å². The molecule has 9 heteroatoms. The monoisotopic (exact) mass is 404 g/mol. The Bertz CT molecular complexity index is 1010. The number of nitrogens with zero attached hydrogens (tertiary/aromatic N) is 2. The summed E-state index contributed by atoms with van der Waals surface area (Å²) >= 11 is 5.78. The van der Waals surface area contributed by atoms with Crippen molar-refractivity contribution in [3.05, 3.63) is 63.7 Å². The van der Waals surface area contributed by atoms with Crippen molar-refractivity contribution in [3.63, 3.8) is 0 Å². The first-order valence-corrected chi connectivity index (χ1v) is 8.69. The fourth-order valence-electron chi connectivity index (χ4n) is 2.95. The van der Waals surface area contributed by atoms with E-state index in [1.54, 1.807) is 6.92 Å². The number of amides is 3. The largest absolute Gasteiger partial charge is 0.348 e. The van der Waals surface area contributed by atoms with Crippen LogP contribution in [0.3, 0.4) is 0 Å². The van der Waals surface area contributed by atoms with Crippen molar-refractivity contribution in [1.82, 2.24) is 10.2 Å². The Morgan fingerprint density at radius 2 is 2.11 bits per heavy atom. The Kier molecular flexibility index (Phi) is 5.47. The van der Waals surface area contributed by atoms with E-state index in [1.807, 2.05) is 6.07 Å². The van der Waals surface area contributed by atoms with Crippen LogP contribution in [-0.2, 0) is 11.3 Å². The number of benzene rings is 2. The summed E-state index contributed by atoms with van der Waals surface area (Å²) in [5.74, 6) is -1.74. The second-order valence-corrected chi connectivity index (χ2v) is 6.77. The Labute approximate surface area is 164 Å². The average molecular weight is 405 g/mol. The molecular formula is C19H15ClF2N4O2. The second-order valence-electron chi connectivity index (χ2n) is 6.34. The minimum atomic E-state index is -0.684. The van der Waals surface area contributed by atoms with Gasteiger partial charge in [0.05, 0.1) is 29.9 Å². The van der Waals surface area contributed by atoms with Gasteiger partial charge in [0.25, 0.3) is 0 Å². The van der Waals surface area contributed by atoms with Gasteiger partial charge in [-0.3, -0.25) is 4.79 Å². The van der Waals surface area contributed by atoms with Gasteiger partial charge >= 0.3 is 6.03 Å². The number of fused-ring (bicyclic) bond motifs is 1. The molecule has 3 rings (SSSR count). The Hall–Kier alpha value is -3.18. The van der Waals surface area contributed by atoms with Crippen LogP contribution in [0.4, 0.5) is 19.3 Å². The number of urea groups is 1. The van der Waals surface area contributed by atoms with Gasteiger partial charge in [-0.2, -0.15) is 5.26 Å². The zero-order valence-corrected chi connectivity index (χ0v) is 15.5. The number of hydrogen-bond donors (Lipinski definition) is 2. The topological polar surface area (TPSA) is 85.2 Å². The van der Waals surface area contributed by atoms with Crippen LogP contribution in [0.1, 0.15) is 29.7 Å². The van der Waals surface area contributed by atoms with Crippen LogP contribution in [0.25, 0.3) is 0 Å². The first-order chi connectivity index (χ1) is 13.3. The Balaban J connectivity index is 1.68. The molecule has 144 valence electrons. The van der Waals surface area contributed by atoms with Crippen LogP contribution in [0, 0.1) is 23.0 Å². The van der Waals surface area contributed by atoms with E-state index in [1.165, 1.54) is 18.2 Å². The fraction of sp³-hybridized carbons (Fsp3) is 0.211. The third-order valence-corrected chi connectivity index (χ3v) is 4.56.